The van der Waals surface area contributed by atoms with Crippen LogP contribution in [-0.2, 0) is 12.8 Å². The number of nitrogens with zero attached hydrogens (tertiary/aromatic N) is 1. The van der Waals surface area contributed by atoms with Crippen LogP contribution in [0.2, 0.25) is 0 Å². The van der Waals surface area contributed by atoms with Crippen LogP contribution < -0.4 is 0 Å². The van der Waals surface area contributed by atoms with Crippen LogP contribution in [0.25, 0.3) is 0 Å². The van der Waals surface area contributed by atoms with Crippen molar-refractivity contribution >= 4 is 11.9 Å². The number of aromatic hydroxyl groups is 1. The number of rotatable bonds is 2. The summed E-state index contributed by atoms with van der Waals surface area (Å²) in [6.07, 6.45) is 6.55. The molecule has 0 unspecified atom stereocenters. The molecule has 1 aliphatic rings. The van der Waals surface area contributed by atoms with Crippen LogP contribution >= 0.6 is 0 Å². The van der Waals surface area contributed by atoms with E-state index in [0.29, 0.717) is 0 Å². The maximum atomic E-state index is 9.74. The fourth-order valence-corrected chi connectivity index (χ4v) is 2.62. The van der Waals surface area contributed by atoms with Crippen molar-refractivity contribution in [2.24, 2.45) is 4.99 Å². The number of aliphatic imine (C=N–C) groups is 1. The number of hydrogen-bond acceptors (Lipinski definition) is 2. The Labute approximate surface area is 113 Å². The highest BCUT2D eigenvalue weighted by Gasteiger charge is 2.11. The van der Waals surface area contributed by atoms with Crippen molar-refractivity contribution in [1.82, 2.24) is 0 Å². The Bertz CT molecular complexity index is 616. The highest BCUT2D eigenvalue weighted by atomic mass is 16.3. The lowest BCUT2D eigenvalue weighted by Gasteiger charge is -2.17. The van der Waals surface area contributed by atoms with Crippen molar-refractivity contribution in [3.63, 3.8) is 0 Å². The Morgan fingerprint density at radius 3 is 2.68 bits per heavy atom. The molecule has 2 nitrogen and oxygen atoms in total. The summed E-state index contributed by atoms with van der Waals surface area (Å²) in [4.78, 5) is 4.57. The van der Waals surface area contributed by atoms with Gasteiger partial charge in [0.2, 0.25) is 0 Å². The Kier molecular flexibility index (Phi) is 3.32. The van der Waals surface area contributed by atoms with Gasteiger partial charge in [0.25, 0.3) is 0 Å². The molecule has 0 aliphatic heterocycles. The van der Waals surface area contributed by atoms with E-state index in [0.717, 1.165) is 24.1 Å². The van der Waals surface area contributed by atoms with Gasteiger partial charge in [0.15, 0.2) is 0 Å². The van der Waals surface area contributed by atoms with Gasteiger partial charge >= 0.3 is 0 Å². The van der Waals surface area contributed by atoms with Crippen LogP contribution in [0.3, 0.4) is 0 Å². The van der Waals surface area contributed by atoms with E-state index >= 15 is 0 Å². The van der Waals surface area contributed by atoms with Gasteiger partial charge in [-0.3, -0.25) is 4.99 Å². The molecule has 1 N–H and O–H groups in total. The molecule has 19 heavy (non-hydrogen) atoms. The number of phenols is 1. The molecule has 96 valence electrons. The quantitative estimate of drug-likeness (QED) is 0.803. The van der Waals surface area contributed by atoms with E-state index in [4.69, 9.17) is 0 Å². The molecule has 0 radical (unpaired) electrons. The summed E-state index contributed by atoms with van der Waals surface area (Å²) >= 11 is 0. The molecular formula is C17H17NO. The predicted octanol–water partition coefficient (Wildman–Crippen LogP) is 4.02. The van der Waals surface area contributed by atoms with Crippen molar-refractivity contribution in [3.8, 4) is 5.75 Å². The summed E-state index contributed by atoms with van der Waals surface area (Å²) in [5, 5.41) is 9.74. The Morgan fingerprint density at radius 2 is 1.79 bits per heavy atom. The van der Waals surface area contributed by atoms with Crippen molar-refractivity contribution in [1.29, 1.82) is 0 Å². The third-order valence-electron chi connectivity index (χ3n) is 3.65. The van der Waals surface area contributed by atoms with Crippen molar-refractivity contribution in [2.45, 2.75) is 25.7 Å². The normalized spacial score (nSPS) is 14.5. The molecule has 0 heterocycles. The van der Waals surface area contributed by atoms with Crippen molar-refractivity contribution in [3.05, 3.63) is 59.2 Å². The Balaban J connectivity index is 1.94. The lowest BCUT2D eigenvalue weighted by atomic mass is 9.90. The lowest BCUT2D eigenvalue weighted by molar-refractivity contribution is 0.474. The van der Waals surface area contributed by atoms with Crippen molar-refractivity contribution < 1.29 is 5.11 Å². The topological polar surface area (TPSA) is 32.6 Å². The molecule has 0 fully saturated rings. The SMILES string of the molecule is Oc1ccccc1C=Nc1cccc2c1CCCC2. The second-order valence-corrected chi connectivity index (χ2v) is 4.94. The van der Waals surface area contributed by atoms with Gasteiger partial charge in [0, 0.05) is 11.8 Å². The monoisotopic (exact) mass is 251 g/mol. The zero-order valence-electron chi connectivity index (χ0n) is 10.8. The number of aryl methyl sites for hydroxylation is 1. The van der Waals surface area contributed by atoms with Gasteiger partial charge < -0.3 is 5.11 Å². The first-order valence-corrected chi connectivity index (χ1v) is 6.77. The van der Waals surface area contributed by atoms with Gasteiger partial charge in [-0.15, -0.1) is 0 Å². The van der Waals surface area contributed by atoms with E-state index in [2.05, 4.69) is 23.2 Å². The van der Waals surface area contributed by atoms with E-state index in [1.54, 1.807) is 12.3 Å². The van der Waals surface area contributed by atoms with Gasteiger partial charge in [-0.1, -0.05) is 24.3 Å². The molecule has 3 rings (SSSR count). The number of phenolic OH excluding ortho intramolecular Hbond substituents is 1. The molecule has 0 spiro atoms. The van der Waals surface area contributed by atoms with Crippen LogP contribution in [0.15, 0.2) is 47.5 Å². The minimum atomic E-state index is 0.274. The molecule has 2 aromatic carbocycles. The molecule has 0 bridgehead atoms. The lowest BCUT2D eigenvalue weighted by Crippen LogP contribution is -2.02. The Hall–Kier alpha value is -2.09. The van der Waals surface area contributed by atoms with E-state index in [1.165, 1.54) is 24.0 Å². The first kappa shape index (κ1) is 12.0. The Morgan fingerprint density at radius 1 is 0.947 bits per heavy atom. The smallest absolute Gasteiger partial charge is 0.124 e. The zero-order chi connectivity index (χ0) is 13.1. The fourth-order valence-electron chi connectivity index (χ4n) is 2.62. The van der Waals surface area contributed by atoms with Crippen molar-refractivity contribution in [2.75, 3.05) is 0 Å². The summed E-state index contributed by atoms with van der Waals surface area (Å²) in [5.41, 5.74) is 4.61. The van der Waals surface area contributed by atoms with Gasteiger partial charge in [0.1, 0.15) is 5.75 Å². The van der Waals surface area contributed by atoms with E-state index in [1.807, 2.05) is 18.2 Å². The molecule has 2 heteroatoms. The van der Waals surface area contributed by atoms with E-state index < -0.39 is 0 Å². The minimum Gasteiger partial charge on any atom is -0.507 e. The molecule has 0 atom stereocenters. The minimum absolute atomic E-state index is 0.274. The number of para-hydroxylation sites is 1. The summed E-state index contributed by atoms with van der Waals surface area (Å²) in [7, 11) is 0. The zero-order valence-corrected chi connectivity index (χ0v) is 10.8. The molecule has 0 saturated heterocycles. The summed E-state index contributed by atoms with van der Waals surface area (Å²) in [6.45, 7) is 0. The number of fused-ring (bicyclic) bond motifs is 1. The highest BCUT2D eigenvalue weighted by Crippen LogP contribution is 2.29. The van der Waals surface area contributed by atoms with Gasteiger partial charge in [-0.05, 0) is 55.0 Å². The fraction of sp³-hybridized carbons (Fsp3) is 0.235. The predicted molar refractivity (Wildman–Crippen MR) is 78.4 cm³/mol. The van der Waals surface area contributed by atoms with Crippen LogP contribution in [0.1, 0.15) is 29.5 Å². The van der Waals surface area contributed by atoms with Gasteiger partial charge in [-0.25, -0.2) is 0 Å². The first-order chi connectivity index (χ1) is 9.34. The molecule has 2 aromatic rings. The first-order valence-electron chi connectivity index (χ1n) is 6.77. The maximum absolute atomic E-state index is 9.74. The summed E-state index contributed by atoms with van der Waals surface area (Å²) in [5.74, 6) is 0.274. The molecule has 1 aliphatic carbocycles. The summed E-state index contributed by atoms with van der Waals surface area (Å²) < 4.78 is 0. The molecule has 0 amide bonds. The molecular weight excluding hydrogens is 234 g/mol. The second-order valence-electron chi connectivity index (χ2n) is 4.94. The van der Waals surface area contributed by atoms with E-state index in [9.17, 15) is 5.11 Å². The average Bonchev–Trinajstić information content (AvgIpc) is 2.46. The van der Waals surface area contributed by atoms with E-state index in [-0.39, 0.29) is 5.75 Å². The van der Waals surface area contributed by atoms with Crippen LogP contribution in [-0.4, -0.2) is 11.3 Å². The largest absolute Gasteiger partial charge is 0.507 e. The third kappa shape index (κ3) is 2.53. The summed E-state index contributed by atoms with van der Waals surface area (Å²) in [6, 6.07) is 13.6. The van der Waals surface area contributed by atoms with Gasteiger partial charge in [-0.2, -0.15) is 0 Å². The second kappa shape index (κ2) is 5.27. The highest BCUT2D eigenvalue weighted by molar-refractivity contribution is 5.85. The standard InChI is InChI=1S/C17H17NO/c19-17-11-4-2-7-14(17)12-18-16-10-5-8-13-6-1-3-9-15(13)16/h2,4-5,7-8,10-12,19H,1,3,6,9H2. The number of benzene rings is 2. The number of hydrogen-bond donors (Lipinski definition) is 1. The third-order valence-corrected chi connectivity index (χ3v) is 3.65. The molecule has 0 aromatic heterocycles. The molecule has 0 saturated carbocycles. The van der Waals surface area contributed by atoms with Gasteiger partial charge in [0.05, 0.1) is 5.69 Å². The average molecular weight is 251 g/mol. The maximum Gasteiger partial charge on any atom is 0.124 e. The van der Waals surface area contributed by atoms with Crippen LogP contribution in [0, 0.1) is 0 Å². The van der Waals surface area contributed by atoms with Crippen LogP contribution in [0.4, 0.5) is 5.69 Å². The van der Waals surface area contributed by atoms with Crippen LogP contribution in [0.5, 0.6) is 5.75 Å².